The summed E-state index contributed by atoms with van der Waals surface area (Å²) in [6, 6.07) is 0.0578. The highest BCUT2D eigenvalue weighted by molar-refractivity contribution is 5.81. The van der Waals surface area contributed by atoms with Crippen LogP contribution in [0.4, 0.5) is 0 Å². The molecule has 1 amide bonds. The maximum Gasteiger partial charge on any atom is 0.237 e. The number of nitrogens with one attached hydrogen (secondary N) is 1. The van der Waals surface area contributed by atoms with Crippen molar-refractivity contribution in [2.75, 3.05) is 26.2 Å². The van der Waals surface area contributed by atoms with Crippen LogP contribution in [-0.4, -0.2) is 48.2 Å². The molecule has 88 valence electrons. The number of rotatable bonds is 5. The van der Waals surface area contributed by atoms with Crippen LogP contribution in [0.3, 0.4) is 0 Å². The van der Waals surface area contributed by atoms with Crippen molar-refractivity contribution in [3.8, 4) is 0 Å². The number of likely N-dealkylation sites (N-methyl/N-ethyl adjacent to an activating group) is 1. The number of aliphatic hydroxyl groups excluding tert-OH is 1. The third-order valence-corrected chi connectivity index (χ3v) is 2.96. The molecule has 2 N–H and O–H groups in total. The van der Waals surface area contributed by atoms with E-state index in [2.05, 4.69) is 17.1 Å². The second-order valence-electron chi connectivity index (χ2n) is 4.01. The number of carbonyl (C=O) groups is 1. The Morgan fingerprint density at radius 1 is 1.53 bits per heavy atom. The molecule has 1 rings (SSSR count). The zero-order valence-corrected chi connectivity index (χ0v) is 9.54. The highest BCUT2D eigenvalue weighted by atomic mass is 16.3. The smallest absolute Gasteiger partial charge is 0.237 e. The van der Waals surface area contributed by atoms with E-state index >= 15 is 0 Å². The molecule has 1 atom stereocenters. The number of likely N-dealkylation sites (tertiary alicyclic amines) is 1. The normalized spacial score (nSPS) is 22.7. The fraction of sp³-hybridized carbons (Fsp3) is 0.909. The van der Waals surface area contributed by atoms with Crippen molar-refractivity contribution in [1.29, 1.82) is 0 Å². The summed E-state index contributed by atoms with van der Waals surface area (Å²) in [5.74, 6) is 0.130. The lowest BCUT2D eigenvalue weighted by Gasteiger charge is -2.33. The van der Waals surface area contributed by atoms with Gasteiger partial charge in [-0.3, -0.25) is 9.69 Å². The predicted molar refractivity (Wildman–Crippen MR) is 59.6 cm³/mol. The number of piperidine rings is 1. The van der Waals surface area contributed by atoms with Gasteiger partial charge in [-0.15, -0.1) is 0 Å². The van der Waals surface area contributed by atoms with Crippen LogP contribution in [0, 0.1) is 0 Å². The van der Waals surface area contributed by atoms with E-state index in [1.807, 2.05) is 0 Å². The average Bonchev–Trinajstić information content (AvgIpc) is 2.29. The van der Waals surface area contributed by atoms with Crippen LogP contribution < -0.4 is 5.32 Å². The van der Waals surface area contributed by atoms with Crippen LogP contribution in [0.15, 0.2) is 0 Å². The fourth-order valence-corrected chi connectivity index (χ4v) is 2.07. The fourth-order valence-electron chi connectivity index (χ4n) is 2.07. The molecule has 1 heterocycles. The molecule has 1 aliphatic rings. The van der Waals surface area contributed by atoms with Crippen molar-refractivity contribution in [2.24, 2.45) is 0 Å². The summed E-state index contributed by atoms with van der Waals surface area (Å²) in [4.78, 5) is 14.0. The van der Waals surface area contributed by atoms with E-state index < -0.39 is 0 Å². The van der Waals surface area contributed by atoms with E-state index in [0.29, 0.717) is 13.0 Å². The van der Waals surface area contributed by atoms with E-state index in [1.165, 1.54) is 6.42 Å². The molecule has 0 aromatic heterocycles. The Labute approximate surface area is 91.6 Å². The standard InChI is InChI=1S/C11H22N2O2/c1-2-13-8-4-3-6-10(13)11(15)12-7-5-9-14/h10,14H,2-9H2,1H3,(H,12,15). The maximum atomic E-state index is 11.8. The zero-order chi connectivity index (χ0) is 11.1. The SMILES string of the molecule is CCN1CCCCC1C(=O)NCCCO. The van der Waals surface area contributed by atoms with Crippen LogP contribution >= 0.6 is 0 Å². The van der Waals surface area contributed by atoms with Gasteiger partial charge in [-0.25, -0.2) is 0 Å². The first-order chi connectivity index (χ1) is 7.29. The Balaban J connectivity index is 2.34. The largest absolute Gasteiger partial charge is 0.396 e. The predicted octanol–water partition coefficient (Wildman–Crippen LogP) is 0.359. The number of amides is 1. The molecule has 0 radical (unpaired) electrons. The highest BCUT2D eigenvalue weighted by Gasteiger charge is 2.26. The summed E-state index contributed by atoms with van der Waals surface area (Å²) < 4.78 is 0. The summed E-state index contributed by atoms with van der Waals surface area (Å²) in [7, 11) is 0. The van der Waals surface area contributed by atoms with Gasteiger partial charge in [0.1, 0.15) is 0 Å². The second kappa shape index (κ2) is 6.80. The lowest BCUT2D eigenvalue weighted by atomic mass is 10.0. The highest BCUT2D eigenvalue weighted by Crippen LogP contribution is 2.16. The molecule has 0 spiro atoms. The summed E-state index contributed by atoms with van der Waals surface area (Å²) in [6.45, 7) is 4.80. The Bertz CT molecular complexity index is 197. The number of carbonyl (C=O) groups excluding carboxylic acids is 1. The van der Waals surface area contributed by atoms with Gasteiger partial charge in [-0.2, -0.15) is 0 Å². The van der Waals surface area contributed by atoms with Crippen molar-refractivity contribution in [2.45, 2.75) is 38.6 Å². The average molecular weight is 214 g/mol. The Hall–Kier alpha value is -0.610. The minimum Gasteiger partial charge on any atom is -0.396 e. The molecule has 0 aromatic carbocycles. The molecule has 0 bridgehead atoms. The van der Waals surface area contributed by atoms with Gasteiger partial charge in [-0.05, 0) is 32.4 Å². The molecule has 0 aromatic rings. The van der Waals surface area contributed by atoms with Crippen LogP contribution in [0.25, 0.3) is 0 Å². The number of hydrogen-bond acceptors (Lipinski definition) is 3. The third kappa shape index (κ3) is 3.80. The molecule has 1 fully saturated rings. The van der Waals surface area contributed by atoms with E-state index in [9.17, 15) is 4.79 Å². The molecule has 4 nitrogen and oxygen atoms in total. The molecule has 1 aliphatic heterocycles. The summed E-state index contributed by atoms with van der Waals surface area (Å²) in [6.07, 6.45) is 3.96. The number of hydrogen-bond donors (Lipinski definition) is 2. The van der Waals surface area contributed by atoms with Crippen molar-refractivity contribution < 1.29 is 9.90 Å². The first-order valence-corrected chi connectivity index (χ1v) is 5.92. The minimum atomic E-state index is 0.0578. The molecule has 4 heteroatoms. The topological polar surface area (TPSA) is 52.6 Å². The summed E-state index contributed by atoms with van der Waals surface area (Å²) in [5.41, 5.74) is 0. The quantitative estimate of drug-likeness (QED) is 0.650. The van der Waals surface area contributed by atoms with Crippen molar-refractivity contribution in [1.82, 2.24) is 10.2 Å². The first kappa shape index (κ1) is 12.5. The number of nitrogens with zero attached hydrogens (tertiary/aromatic N) is 1. The van der Waals surface area contributed by atoms with Crippen LogP contribution in [0.5, 0.6) is 0 Å². The van der Waals surface area contributed by atoms with Gasteiger partial charge in [0.25, 0.3) is 0 Å². The lowest BCUT2D eigenvalue weighted by molar-refractivity contribution is -0.127. The van der Waals surface area contributed by atoms with Gasteiger partial charge in [0, 0.05) is 13.2 Å². The Kier molecular flexibility index (Phi) is 5.65. The summed E-state index contributed by atoms with van der Waals surface area (Å²) in [5, 5.41) is 11.5. The first-order valence-electron chi connectivity index (χ1n) is 5.92. The third-order valence-electron chi connectivity index (χ3n) is 2.96. The van der Waals surface area contributed by atoms with E-state index in [-0.39, 0.29) is 18.6 Å². The van der Waals surface area contributed by atoms with Gasteiger partial charge >= 0.3 is 0 Å². The van der Waals surface area contributed by atoms with Crippen molar-refractivity contribution in [3.05, 3.63) is 0 Å². The maximum absolute atomic E-state index is 11.8. The van der Waals surface area contributed by atoms with E-state index in [0.717, 1.165) is 25.9 Å². The van der Waals surface area contributed by atoms with Crippen LogP contribution in [0.1, 0.15) is 32.6 Å². The van der Waals surface area contributed by atoms with Gasteiger partial charge in [0.15, 0.2) is 0 Å². The van der Waals surface area contributed by atoms with E-state index in [4.69, 9.17) is 5.11 Å². The zero-order valence-electron chi connectivity index (χ0n) is 9.54. The minimum absolute atomic E-state index is 0.0578. The Morgan fingerprint density at radius 2 is 2.33 bits per heavy atom. The molecule has 0 aliphatic carbocycles. The Morgan fingerprint density at radius 3 is 3.00 bits per heavy atom. The van der Waals surface area contributed by atoms with Gasteiger partial charge in [0.05, 0.1) is 6.04 Å². The molecular weight excluding hydrogens is 192 g/mol. The van der Waals surface area contributed by atoms with Crippen molar-refractivity contribution in [3.63, 3.8) is 0 Å². The molecule has 15 heavy (non-hydrogen) atoms. The van der Waals surface area contributed by atoms with Gasteiger partial charge < -0.3 is 10.4 Å². The van der Waals surface area contributed by atoms with Crippen LogP contribution in [0.2, 0.25) is 0 Å². The molecule has 1 unspecified atom stereocenters. The number of aliphatic hydroxyl groups is 1. The summed E-state index contributed by atoms with van der Waals surface area (Å²) >= 11 is 0. The van der Waals surface area contributed by atoms with Gasteiger partial charge in [0.2, 0.25) is 5.91 Å². The van der Waals surface area contributed by atoms with Crippen molar-refractivity contribution >= 4 is 5.91 Å². The lowest BCUT2D eigenvalue weighted by Crippen LogP contribution is -2.49. The second-order valence-corrected chi connectivity index (χ2v) is 4.01. The van der Waals surface area contributed by atoms with E-state index in [1.54, 1.807) is 0 Å². The van der Waals surface area contributed by atoms with Crippen LogP contribution in [-0.2, 0) is 4.79 Å². The molecule has 0 saturated carbocycles. The monoisotopic (exact) mass is 214 g/mol. The van der Waals surface area contributed by atoms with Gasteiger partial charge in [-0.1, -0.05) is 13.3 Å². The molecular formula is C11H22N2O2. The molecule has 1 saturated heterocycles.